The fraction of sp³-hybridized carbons (Fsp3) is 0.348. The van der Waals surface area contributed by atoms with Crippen molar-refractivity contribution in [3.63, 3.8) is 0 Å². The Balaban J connectivity index is 1.38. The van der Waals surface area contributed by atoms with Gasteiger partial charge in [-0.3, -0.25) is 10.00 Å². The number of hydrogen-bond acceptors (Lipinski definition) is 7. The van der Waals surface area contributed by atoms with Crippen LogP contribution in [0.15, 0.2) is 36.5 Å². The Morgan fingerprint density at radius 2 is 1.90 bits per heavy atom. The lowest BCUT2D eigenvalue weighted by atomic mass is 10.1. The molecule has 0 atom stereocenters. The van der Waals surface area contributed by atoms with Crippen LogP contribution in [-0.2, 0) is 17.8 Å². The molecular weight excluding hydrogens is 408 g/mol. The summed E-state index contributed by atoms with van der Waals surface area (Å²) in [5.41, 5.74) is 4.61. The summed E-state index contributed by atoms with van der Waals surface area (Å²) in [7, 11) is 0. The smallest absolute Gasteiger partial charge is 0.146 e. The van der Waals surface area contributed by atoms with E-state index in [2.05, 4.69) is 58.5 Å². The second-order valence-electron chi connectivity index (χ2n) is 7.86. The fourth-order valence-corrected chi connectivity index (χ4v) is 4.90. The molecule has 7 nitrogen and oxygen atoms in total. The summed E-state index contributed by atoms with van der Waals surface area (Å²) in [6.45, 7) is 9.18. The first-order valence-corrected chi connectivity index (χ1v) is 11.4. The normalized spacial score (nSPS) is 14.9. The van der Waals surface area contributed by atoms with E-state index < -0.39 is 0 Å². The van der Waals surface area contributed by atoms with Crippen LogP contribution in [0.1, 0.15) is 21.8 Å². The van der Waals surface area contributed by atoms with Gasteiger partial charge in [-0.05, 0) is 36.6 Å². The van der Waals surface area contributed by atoms with Crippen molar-refractivity contribution in [1.82, 2.24) is 25.1 Å². The van der Waals surface area contributed by atoms with E-state index in [4.69, 9.17) is 14.7 Å². The molecule has 0 unspecified atom stereocenters. The van der Waals surface area contributed by atoms with Crippen LogP contribution in [0.3, 0.4) is 0 Å². The van der Waals surface area contributed by atoms with Crippen LogP contribution in [-0.4, -0.2) is 51.4 Å². The summed E-state index contributed by atoms with van der Waals surface area (Å²) in [4.78, 5) is 14.5. The number of aryl methyl sites for hydroxylation is 2. The molecule has 0 spiro atoms. The Hall–Kier alpha value is -2.81. The van der Waals surface area contributed by atoms with Crippen LogP contribution in [0.25, 0.3) is 21.5 Å². The SMILES string of the molecule is Cc1sc2nc(CN3CCOCC3)nc(NCc3ccc(-c4ccn[nH]4)cc3)c2c1C. The van der Waals surface area contributed by atoms with E-state index >= 15 is 0 Å². The Morgan fingerprint density at radius 3 is 2.65 bits per heavy atom. The average molecular weight is 435 g/mol. The minimum atomic E-state index is 0.709. The first kappa shape index (κ1) is 20.1. The van der Waals surface area contributed by atoms with E-state index in [1.54, 1.807) is 17.5 Å². The molecule has 0 amide bonds. The summed E-state index contributed by atoms with van der Waals surface area (Å²) in [6.07, 6.45) is 1.77. The second-order valence-corrected chi connectivity index (χ2v) is 9.06. The van der Waals surface area contributed by atoms with Gasteiger partial charge in [-0.15, -0.1) is 11.3 Å². The topological polar surface area (TPSA) is 79.0 Å². The number of aromatic nitrogens is 4. The molecule has 3 aromatic heterocycles. The number of fused-ring (bicyclic) bond motifs is 1. The summed E-state index contributed by atoms with van der Waals surface area (Å²) >= 11 is 1.75. The molecule has 8 heteroatoms. The molecule has 0 aliphatic carbocycles. The third kappa shape index (κ3) is 4.32. The van der Waals surface area contributed by atoms with Crippen molar-refractivity contribution in [2.45, 2.75) is 26.9 Å². The minimum Gasteiger partial charge on any atom is -0.379 e. The van der Waals surface area contributed by atoms with Crippen LogP contribution in [0.4, 0.5) is 5.82 Å². The van der Waals surface area contributed by atoms with E-state index in [0.29, 0.717) is 6.54 Å². The van der Waals surface area contributed by atoms with Crippen LogP contribution in [0.5, 0.6) is 0 Å². The van der Waals surface area contributed by atoms with Gasteiger partial charge < -0.3 is 10.1 Å². The summed E-state index contributed by atoms with van der Waals surface area (Å²) < 4.78 is 5.47. The summed E-state index contributed by atoms with van der Waals surface area (Å²) in [5.74, 6) is 1.79. The van der Waals surface area contributed by atoms with Gasteiger partial charge in [0.2, 0.25) is 0 Å². The highest BCUT2D eigenvalue weighted by Gasteiger charge is 2.17. The third-order valence-corrected chi connectivity index (χ3v) is 6.87. The molecule has 0 radical (unpaired) electrons. The van der Waals surface area contributed by atoms with Crippen molar-refractivity contribution < 1.29 is 4.74 Å². The number of anilines is 1. The van der Waals surface area contributed by atoms with Crippen molar-refractivity contribution in [3.8, 4) is 11.3 Å². The lowest BCUT2D eigenvalue weighted by Gasteiger charge is -2.25. The van der Waals surface area contributed by atoms with Gasteiger partial charge in [-0.2, -0.15) is 5.10 Å². The summed E-state index contributed by atoms with van der Waals surface area (Å²) in [6, 6.07) is 10.5. The van der Waals surface area contributed by atoms with Crippen LogP contribution in [0, 0.1) is 13.8 Å². The van der Waals surface area contributed by atoms with Crippen molar-refractivity contribution in [3.05, 3.63) is 58.4 Å². The molecule has 5 rings (SSSR count). The Bertz CT molecular complexity index is 1160. The Morgan fingerprint density at radius 1 is 1.10 bits per heavy atom. The molecule has 160 valence electrons. The highest BCUT2D eigenvalue weighted by molar-refractivity contribution is 7.18. The highest BCUT2D eigenvalue weighted by Crippen LogP contribution is 2.33. The fourth-order valence-electron chi connectivity index (χ4n) is 3.86. The zero-order valence-electron chi connectivity index (χ0n) is 17.8. The lowest BCUT2D eigenvalue weighted by Crippen LogP contribution is -2.36. The van der Waals surface area contributed by atoms with Gasteiger partial charge >= 0.3 is 0 Å². The van der Waals surface area contributed by atoms with E-state index in [-0.39, 0.29) is 0 Å². The number of rotatable bonds is 6. The number of benzene rings is 1. The maximum absolute atomic E-state index is 5.47. The number of ether oxygens (including phenoxy) is 1. The molecule has 1 aliphatic heterocycles. The quantitative estimate of drug-likeness (QED) is 0.475. The zero-order chi connectivity index (χ0) is 21.2. The molecule has 0 bridgehead atoms. The lowest BCUT2D eigenvalue weighted by molar-refractivity contribution is 0.0331. The second kappa shape index (κ2) is 8.74. The van der Waals surface area contributed by atoms with Gasteiger partial charge in [0.15, 0.2) is 0 Å². The van der Waals surface area contributed by atoms with Crippen LogP contribution < -0.4 is 5.32 Å². The molecule has 4 aromatic rings. The van der Waals surface area contributed by atoms with Crippen molar-refractivity contribution >= 4 is 27.4 Å². The largest absolute Gasteiger partial charge is 0.379 e. The van der Waals surface area contributed by atoms with Gasteiger partial charge in [0, 0.05) is 30.7 Å². The third-order valence-electron chi connectivity index (χ3n) is 5.77. The van der Waals surface area contributed by atoms with Gasteiger partial charge in [0.25, 0.3) is 0 Å². The molecular formula is C23H26N6OS. The molecule has 31 heavy (non-hydrogen) atoms. The number of nitrogens with zero attached hydrogens (tertiary/aromatic N) is 4. The van der Waals surface area contributed by atoms with Crippen molar-refractivity contribution in [2.24, 2.45) is 0 Å². The van der Waals surface area contributed by atoms with E-state index in [1.807, 2.05) is 6.07 Å². The maximum atomic E-state index is 5.47. The standard InChI is InChI=1S/C23H26N6OS/c1-15-16(2)31-23-21(15)22(26-20(27-23)14-29-9-11-30-12-10-29)24-13-17-3-5-18(6-4-17)19-7-8-25-28-19/h3-8H,9-14H2,1-2H3,(H,25,28)(H,24,26,27). The maximum Gasteiger partial charge on any atom is 0.146 e. The molecule has 1 aromatic carbocycles. The predicted molar refractivity (Wildman–Crippen MR) is 124 cm³/mol. The number of nitrogens with one attached hydrogen (secondary N) is 2. The van der Waals surface area contributed by atoms with Crippen LogP contribution in [0.2, 0.25) is 0 Å². The minimum absolute atomic E-state index is 0.709. The number of H-pyrrole nitrogens is 1. The highest BCUT2D eigenvalue weighted by atomic mass is 32.1. The van der Waals surface area contributed by atoms with Crippen molar-refractivity contribution in [2.75, 3.05) is 31.6 Å². The predicted octanol–water partition coefficient (Wildman–Crippen LogP) is 4.14. The van der Waals surface area contributed by atoms with Gasteiger partial charge in [-0.1, -0.05) is 24.3 Å². The van der Waals surface area contributed by atoms with Gasteiger partial charge in [0.05, 0.1) is 30.8 Å². The Labute approximate surface area is 185 Å². The first-order valence-electron chi connectivity index (χ1n) is 10.6. The Kier molecular flexibility index (Phi) is 5.67. The molecule has 2 N–H and O–H groups in total. The number of thiophene rings is 1. The monoisotopic (exact) mass is 434 g/mol. The van der Waals surface area contributed by atoms with Gasteiger partial charge in [0.1, 0.15) is 16.5 Å². The average Bonchev–Trinajstić information content (AvgIpc) is 3.42. The van der Waals surface area contributed by atoms with Gasteiger partial charge in [-0.25, -0.2) is 9.97 Å². The van der Waals surface area contributed by atoms with Crippen molar-refractivity contribution in [1.29, 1.82) is 0 Å². The van der Waals surface area contributed by atoms with Crippen LogP contribution >= 0.6 is 11.3 Å². The molecule has 1 saturated heterocycles. The summed E-state index contributed by atoms with van der Waals surface area (Å²) in [5, 5.41) is 11.8. The molecule has 0 saturated carbocycles. The molecule has 4 heterocycles. The number of aromatic amines is 1. The molecule has 1 aliphatic rings. The first-order chi connectivity index (χ1) is 15.2. The van der Waals surface area contributed by atoms with E-state index in [9.17, 15) is 0 Å². The van der Waals surface area contributed by atoms with E-state index in [0.717, 1.165) is 66.0 Å². The zero-order valence-corrected chi connectivity index (χ0v) is 18.6. The number of morpholine rings is 1. The number of hydrogen-bond donors (Lipinski definition) is 2. The van der Waals surface area contributed by atoms with E-state index in [1.165, 1.54) is 16.0 Å². The molecule has 1 fully saturated rings.